The number of benzene rings is 1. The molecule has 2 amide bonds. The van der Waals surface area contributed by atoms with Crippen LogP contribution in [0.3, 0.4) is 0 Å². The molecule has 0 atom stereocenters. The molecule has 2 rings (SSSR count). The van der Waals surface area contributed by atoms with Crippen LogP contribution in [-0.4, -0.2) is 25.4 Å². The minimum atomic E-state index is 0.0573. The third kappa shape index (κ3) is 6.32. The monoisotopic (exact) mass is 331 g/mol. The SMILES string of the molecule is CNCCCC(=O)NCc1cccc(NC(=O)C2CCCCC2)c1. The molecule has 1 aromatic carbocycles. The number of rotatable bonds is 8. The number of nitrogens with one attached hydrogen (secondary N) is 3. The van der Waals surface area contributed by atoms with Gasteiger partial charge in [0.25, 0.3) is 0 Å². The number of amides is 2. The molecule has 0 radical (unpaired) electrons. The fourth-order valence-electron chi connectivity index (χ4n) is 3.08. The summed E-state index contributed by atoms with van der Waals surface area (Å²) in [5.41, 5.74) is 1.81. The van der Waals surface area contributed by atoms with Gasteiger partial charge in [0.1, 0.15) is 0 Å². The van der Waals surface area contributed by atoms with Crippen molar-refractivity contribution >= 4 is 17.5 Å². The lowest BCUT2D eigenvalue weighted by atomic mass is 9.88. The number of carbonyl (C=O) groups excluding carboxylic acids is 2. The Balaban J connectivity index is 1.80. The Morgan fingerprint density at radius 1 is 1.17 bits per heavy atom. The number of carbonyl (C=O) groups is 2. The third-order valence-corrected chi connectivity index (χ3v) is 4.49. The Kier molecular flexibility index (Phi) is 7.75. The van der Waals surface area contributed by atoms with E-state index < -0.39 is 0 Å². The van der Waals surface area contributed by atoms with Crippen molar-refractivity contribution in [2.24, 2.45) is 5.92 Å². The molecule has 0 aromatic heterocycles. The van der Waals surface area contributed by atoms with Gasteiger partial charge in [-0.25, -0.2) is 0 Å². The van der Waals surface area contributed by atoms with E-state index in [1.165, 1.54) is 6.42 Å². The van der Waals surface area contributed by atoms with Crippen LogP contribution in [0.1, 0.15) is 50.5 Å². The molecule has 0 unspecified atom stereocenters. The first-order valence-corrected chi connectivity index (χ1v) is 9.00. The van der Waals surface area contributed by atoms with Gasteiger partial charge >= 0.3 is 0 Å². The van der Waals surface area contributed by atoms with E-state index >= 15 is 0 Å². The molecule has 1 aromatic rings. The molecule has 5 nitrogen and oxygen atoms in total. The van der Waals surface area contributed by atoms with Crippen molar-refractivity contribution in [3.63, 3.8) is 0 Å². The van der Waals surface area contributed by atoms with Gasteiger partial charge in [-0.15, -0.1) is 0 Å². The molecule has 24 heavy (non-hydrogen) atoms. The normalized spacial score (nSPS) is 15.0. The average Bonchev–Trinajstić information content (AvgIpc) is 2.61. The van der Waals surface area contributed by atoms with Gasteiger partial charge in [-0.3, -0.25) is 9.59 Å². The Hall–Kier alpha value is -1.88. The van der Waals surface area contributed by atoms with Crippen LogP contribution >= 0.6 is 0 Å². The molecule has 0 spiro atoms. The van der Waals surface area contributed by atoms with Crippen LogP contribution in [0.2, 0.25) is 0 Å². The highest BCUT2D eigenvalue weighted by Crippen LogP contribution is 2.25. The van der Waals surface area contributed by atoms with Crippen molar-refractivity contribution in [2.75, 3.05) is 18.9 Å². The first kappa shape index (κ1) is 18.5. The van der Waals surface area contributed by atoms with Crippen molar-refractivity contribution in [3.05, 3.63) is 29.8 Å². The van der Waals surface area contributed by atoms with Gasteiger partial charge in [-0.2, -0.15) is 0 Å². The largest absolute Gasteiger partial charge is 0.352 e. The first-order valence-electron chi connectivity index (χ1n) is 9.00. The van der Waals surface area contributed by atoms with Crippen LogP contribution in [-0.2, 0) is 16.1 Å². The Labute approximate surface area is 144 Å². The molecular formula is C19H29N3O2. The maximum atomic E-state index is 12.3. The smallest absolute Gasteiger partial charge is 0.227 e. The Morgan fingerprint density at radius 3 is 2.71 bits per heavy atom. The van der Waals surface area contributed by atoms with Crippen molar-refractivity contribution in [2.45, 2.75) is 51.5 Å². The molecule has 0 bridgehead atoms. The lowest BCUT2D eigenvalue weighted by Crippen LogP contribution is -2.25. The standard InChI is InChI=1S/C19H29N3O2/c1-20-12-6-11-18(23)21-14-15-7-5-10-17(13-15)22-19(24)16-8-3-2-4-9-16/h5,7,10,13,16,20H,2-4,6,8-9,11-12,14H2,1H3,(H,21,23)(H,22,24). The topological polar surface area (TPSA) is 70.2 Å². The van der Waals surface area contributed by atoms with E-state index in [-0.39, 0.29) is 17.7 Å². The molecule has 1 saturated carbocycles. The van der Waals surface area contributed by atoms with Gasteiger partial charge in [0.05, 0.1) is 0 Å². The second-order valence-electron chi connectivity index (χ2n) is 6.51. The molecule has 132 valence electrons. The minimum Gasteiger partial charge on any atom is -0.352 e. The van der Waals surface area contributed by atoms with E-state index in [1.54, 1.807) is 0 Å². The highest BCUT2D eigenvalue weighted by molar-refractivity contribution is 5.92. The molecule has 3 N–H and O–H groups in total. The Bertz CT molecular complexity index is 539. The van der Waals surface area contributed by atoms with Gasteiger partial charge in [-0.1, -0.05) is 31.4 Å². The predicted octanol–water partition coefficient (Wildman–Crippen LogP) is 2.82. The van der Waals surface area contributed by atoms with Gasteiger partial charge in [0, 0.05) is 24.6 Å². The van der Waals surface area contributed by atoms with E-state index in [0.717, 1.165) is 49.9 Å². The predicted molar refractivity (Wildman–Crippen MR) is 96.7 cm³/mol. The van der Waals surface area contributed by atoms with Crippen LogP contribution in [0.5, 0.6) is 0 Å². The summed E-state index contributed by atoms with van der Waals surface area (Å²) in [6, 6.07) is 7.72. The molecular weight excluding hydrogens is 302 g/mol. The molecule has 5 heteroatoms. The molecule has 1 aliphatic carbocycles. The van der Waals surface area contributed by atoms with Crippen molar-refractivity contribution < 1.29 is 9.59 Å². The zero-order valence-electron chi connectivity index (χ0n) is 14.6. The lowest BCUT2D eigenvalue weighted by Gasteiger charge is -2.20. The summed E-state index contributed by atoms with van der Waals surface area (Å²) < 4.78 is 0. The van der Waals surface area contributed by atoms with Crippen LogP contribution in [0.15, 0.2) is 24.3 Å². The summed E-state index contributed by atoms with van der Waals surface area (Å²) in [5.74, 6) is 0.333. The maximum absolute atomic E-state index is 12.3. The zero-order chi connectivity index (χ0) is 17.2. The quantitative estimate of drug-likeness (QED) is 0.642. The minimum absolute atomic E-state index is 0.0573. The lowest BCUT2D eigenvalue weighted by molar-refractivity contribution is -0.121. The fourth-order valence-corrected chi connectivity index (χ4v) is 3.08. The van der Waals surface area contributed by atoms with E-state index in [9.17, 15) is 9.59 Å². The zero-order valence-corrected chi connectivity index (χ0v) is 14.6. The highest BCUT2D eigenvalue weighted by Gasteiger charge is 2.20. The molecule has 1 aliphatic rings. The van der Waals surface area contributed by atoms with E-state index in [4.69, 9.17) is 0 Å². The second-order valence-corrected chi connectivity index (χ2v) is 6.51. The van der Waals surface area contributed by atoms with Crippen LogP contribution in [0.25, 0.3) is 0 Å². The second kappa shape index (κ2) is 10.1. The van der Waals surface area contributed by atoms with Gasteiger partial charge in [0.15, 0.2) is 0 Å². The summed E-state index contributed by atoms with van der Waals surface area (Å²) in [6.45, 7) is 1.33. The summed E-state index contributed by atoms with van der Waals surface area (Å²) in [4.78, 5) is 24.1. The van der Waals surface area contributed by atoms with Gasteiger partial charge < -0.3 is 16.0 Å². The first-order chi connectivity index (χ1) is 11.7. The van der Waals surface area contributed by atoms with Crippen LogP contribution in [0.4, 0.5) is 5.69 Å². The van der Waals surface area contributed by atoms with Gasteiger partial charge in [0.2, 0.25) is 11.8 Å². The molecule has 0 saturated heterocycles. The van der Waals surface area contributed by atoms with Crippen molar-refractivity contribution in [1.82, 2.24) is 10.6 Å². The summed E-state index contributed by atoms with van der Waals surface area (Å²) in [5, 5.41) is 8.97. The molecule has 0 heterocycles. The van der Waals surface area contributed by atoms with Crippen molar-refractivity contribution in [3.8, 4) is 0 Å². The highest BCUT2D eigenvalue weighted by atomic mass is 16.2. The van der Waals surface area contributed by atoms with Crippen molar-refractivity contribution in [1.29, 1.82) is 0 Å². The maximum Gasteiger partial charge on any atom is 0.227 e. The average molecular weight is 331 g/mol. The number of hydrogen-bond acceptors (Lipinski definition) is 3. The summed E-state index contributed by atoms with van der Waals surface area (Å²) >= 11 is 0. The van der Waals surface area contributed by atoms with Crippen LogP contribution in [0, 0.1) is 5.92 Å². The summed E-state index contributed by atoms with van der Waals surface area (Å²) in [6.07, 6.45) is 6.89. The third-order valence-electron chi connectivity index (χ3n) is 4.49. The molecule has 0 aliphatic heterocycles. The Morgan fingerprint density at radius 2 is 1.96 bits per heavy atom. The number of anilines is 1. The van der Waals surface area contributed by atoms with Crippen LogP contribution < -0.4 is 16.0 Å². The van der Waals surface area contributed by atoms with E-state index in [1.807, 2.05) is 31.3 Å². The van der Waals surface area contributed by atoms with Gasteiger partial charge in [-0.05, 0) is 50.6 Å². The summed E-state index contributed by atoms with van der Waals surface area (Å²) in [7, 11) is 1.88. The van der Waals surface area contributed by atoms with E-state index in [2.05, 4.69) is 16.0 Å². The fraction of sp³-hybridized carbons (Fsp3) is 0.579. The van der Waals surface area contributed by atoms with E-state index in [0.29, 0.717) is 13.0 Å². The molecule has 1 fully saturated rings. The number of hydrogen-bond donors (Lipinski definition) is 3.